The van der Waals surface area contributed by atoms with E-state index in [1.807, 2.05) is 18.2 Å². The van der Waals surface area contributed by atoms with Crippen molar-refractivity contribution >= 4 is 33.1 Å². The SMILES string of the molecule is CC1=[N+](CCCCS(=O)(=O)O)c2ccc(Cl)cc2C1(C)C. The fraction of sp³-hybridized carbons (Fsp3) is 0.533. The van der Waals surface area contributed by atoms with Crippen LogP contribution >= 0.6 is 11.6 Å². The zero-order chi connectivity index (χ0) is 15.8. The third-order valence-electron chi connectivity index (χ3n) is 4.27. The number of halogens is 1. The molecule has 0 amide bonds. The van der Waals surface area contributed by atoms with Crippen LogP contribution in [-0.4, -0.2) is 35.6 Å². The Bertz CT molecular complexity index is 693. The monoisotopic (exact) mass is 330 g/mol. The molecule has 21 heavy (non-hydrogen) atoms. The van der Waals surface area contributed by atoms with Gasteiger partial charge in [-0.3, -0.25) is 4.55 Å². The zero-order valence-corrected chi connectivity index (χ0v) is 14.1. The van der Waals surface area contributed by atoms with Gasteiger partial charge in [-0.1, -0.05) is 11.6 Å². The van der Waals surface area contributed by atoms with Gasteiger partial charge in [0.15, 0.2) is 5.71 Å². The number of hydrogen-bond donors (Lipinski definition) is 1. The lowest BCUT2D eigenvalue weighted by Gasteiger charge is -2.14. The van der Waals surface area contributed by atoms with Crippen LogP contribution in [-0.2, 0) is 15.5 Å². The van der Waals surface area contributed by atoms with Crippen molar-refractivity contribution in [1.82, 2.24) is 0 Å². The van der Waals surface area contributed by atoms with E-state index in [1.165, 1.54) is 11.3 Å². The average Bonchev–Trinajstić information content (AvgIpc) is 2.54. The predicted molar refractivity (Wildman–Crippen MR) is 85.6 cm³/mol. The summed E-state index contributed by atoms with van der Waals surface area (Å²) in [6.07, 6.45) is 1.15. The van der Waals surface area contributed by atoms with Crippen molar-refractivity contribution in [3.8, 4) is 0 Å². The number of nitrogens with zero attached hydrogens (tertiary/aromatic N) is 1. The van der Waals surface area contributed by atoms with Gasteiger partial charge in [0.25, 0.3) is 10.1 Å². The molecule has 0 atom stereocenters. The van der Waals surface area contributed by atoms with E-state index in [0.717, 1.165) is 17.3 Å². The number of unbranched alkanes of at least 4 members (excludes halogenated alkanes) is 1. The average molecular weight is 331 g/mol. The molecular formula is C15H21ClNO3S+. The maximum Gasteiger partial charge on any atom is 0.264 e. The summed E-state index contributed by atoms with van der Waals surface area (Å²) in [6, 6.07) is 5.89. The van der Waals surface area contributed by atoms with Crippen molar-refractivity contribution in [2.45, 2.75) is 39.0 Å². The molecule has 0 radical (unpaired) electrons. The molecule has 0 fully saturated rings. The van der Waals surface area contributed by atoms with Gasteiger partial charge < -0.3 is 0 Å². The molecular weight excluding hydrogens is 310 g/mol. The molecule has 1 aliphatic heterocycles. The fourth-order valence-corrected chi connectivity index (χ4v) is 3.54. The van der Waals surface area contributed by atoms with Crippen LogP contribution in [0.5, 0.6) is 0 Å². The molecule has 0 bridgehead atoms. The number of benzene rings is 1. The predicted octanol–water partition coefficient (Wildman–Crippen LogP) is 3.40. The molecule has 0 aromatic heterocycles. The van der Waals surface area contributed by atoms with Crippen LogP contribution in [0, 0.1) is 0 Å². The summed E-state index contributed by atoms with van der Waals surface area (Å²) in [6.45, 7) is 7.15. The number of fused-ring (bicyclic) bond motifs is 1. The molecule has 0 saturated carbocycles. The molecule has 2 rings (SSSR count). The van der Waals surface area contributed by atoms with Gasteiger partial charge in [-0.15, -0.1) is 0 Å². The Morgan fingerprint density at radius 2 is 1.95 bits per heavy atom. The fourth-order valence-electron chi connectivity index (χ4n) is 2.80. The maximum atomic E-state index is 10.8. The quantitative estimate of drug-likeness (QED) is 0.511. The zero-order valence-electron chi connectivity index (χ0n) is 12.6. The van der Waals surface area contributed by atoms with Gasteiger partial charge in [0, 0.05) is 30.0 Å². The standard InChI is InChI=1S/C15H20ClNO3S/c1-11-15(2,3)13-10-12(16)6-7-14(13)17(11)8-4-5-9-21(18,19)20/h6-7,10H,4-5,8-9H2,1-3H3/p+1. The second-order valence-electron chi connectivity index (χ2n) is 6.02. The van der Waals surface area contributed by atoms with Crippen LogP contribution in [0.25, 0.3) is 0 Å². The molecule has 0 saturated heterocycles. The summed E-state index contributed by atoms with van der Waals surface area (Å²) in [5.74, 6) is -0.184. The first-order valence-corrected chi connectivity index (χ1v) is 8.98. The molecule has 1 heterocycles. The molecule has 0 aliphatic carbocycles. The van der Waals surface area contributed by atoms with Crippen molar-refractivity contribution in [3.05, 3.63) is 28.8 Å². The van der Waals surface area contributed by atoms with Crippen molar-refractivity contribution < 1.29 is 17.5 Å². The maximum absolute atomic E-state index is 10.8. The second kappa shape index (κ2) is 5.71. The minimum atomic E-state index is -3.87. The lowest BCUT2D eigenvalue weighted by Crippen LogP contribution is -2.26. The van der Waals surface area contributed by atoms with E-state index in [4.69, 9.17) is 16.2 Å². The molecule has 1 N–H and O–H groups in total. The van der Waals surface area contributed by atoms with Crippen molar-refractivity contribution in [1.29, 1.82) is 0 Å². The van der Waals surface area contributed by atoms with E-state index < -0.39 is 10.1 Å². The molecule has 0 unspecified atom stereocenters. The first-order chi connectivity index (χ1) is 9.63. The normalized spacial score (nSPS) is 17.2. The largest absolute Gasteiger partial charge is 0.286 e. The molecule has 1 aromatic carbocycles. The van der Waals surface area contributed by atoms with Crippen LogP contribution in [0.4, 0.5) is 5.69 Å². The highest BCUT2D eigenvalue weighted by Crippen LogP contribution is 2.40. The van der Waals surface area contributed by atoms with Crippen LogP contribution < -0.4 is 0 Å². The van der Waals surface area contributed by atoms with Gasteiger partial charge in [0.05, 0.1) is 11.2 Å². The highest BCUT2D eigenvalue weighted by atomic mass is 35.5. The Morgan fingerprint density at radius 1 is 1.29 bits per heavy atom. The molecule has 1 aromatic rings. The van der Waals surface area contributed by atoms with Crippen molar-refractivity contribution in [2.24, 2.45) is 0 Å². The van der Waals surface area contributed by atoms with E-state index >= 15 is 0 Å². The number of hydrogen-bond acceptors (Lipinski definition) is 2. The van der Waals surface area contributed by atoms with Crippen LogP contribution in [0.3, 0.4) is 0 Å². The van der Waals surface area contributed by atoms with E-state index in [-0.39, 0.29) is 11.2 Å². The van der Waals surface area contributed by atoms with E-state index in [1.54, 1.807) is 0 Å². The number of rotatable bonds is 5. The summed E-state index contributed by atoms with van der Waals surface area (Å²) >= 11 is 6.10. The lowest BCUT2D eigenvalue weighted by atomic mass is 9.82. The third kappa shape index (κ3) is 3.47. The Morgan fingerprint density at radius 3 is 2.57 bits per heavy atom. The first kappa shape index (κ1) is 16.5. The Hall–Kier alpha value is -0.910. The summed E-state index contributed by atoms with van der Waals surface area (Å²) in [4.78, 5) is 0. The van der Waals surface area contributed by atoms with Gasteiger partial charge in [0.2, 0.25) is 5.69 Å². The summed E-state index contributed by atoms with van der Waals surface area (Å²) in [7, 11) is -3.87. The van der Waals surface area contributed by atoms with Gasteiger partial charge in [0.1, 0.15) is 6.54 Å². The first-order valence-electron chi connectivity index (χ1n) is 7.00. The molecule has 116 valence electrons. The second-order valence-corrected chi connectivity index (χ2v) is 8.03. The lowest BCUT2D eigenvalue weighted by molar-refractivity contribution is -0.439. The Balaban J connectivity index is 2.18. The topological polar surface area (TPSA) is 57.4 Å². The smallest absolute Gasteiger partial charge is 0.264 e. The van der Waals surface area contributed by atoms with E-state index in [0.29, 0.717) is 12.8 Å². The van der Waals surface area contributed by atoms with Gasteiger partial charge in [-0.25, -0.2) is 0 Å². The van der Waals surface area contributed by atoms with Crippen molar-refractivity contribution in [3.63, 3.8) is 0 Å². The molecule has 1 aliphatic rings. The highest BCUT2D eigenvalue weighted by molar-refractivity contribution is 7.85. The summed E-state index contributed by atoms with van der Waals surface area (Å²) in [5, 5.41) is 0.725. The molecule has 4 nitrogen and oxygen atoms in total. The Labute approximate surface area is 131 Å². The van der Waals surface area contributed by atoms with Gasteiger partial charge >= 0.3 is 0 Å². The van der Waals surface area contributed by atoms with Gasteiger partial charge in [-0.05, 0) is 32.4 Å². The highest BCUT2D eigenvalue weighted by Gasteiger charge is 2.42. The van der Waals surface area contributed by atoms with E-state index in [9.17, 15) is 8.42 Å². The Kier molecular flexibility index (Phi) is 4.47. The van der Waals surface area contributed by atoms with Crippen LogP contribution in [0.15, 0.2) is 18.2 Å². The van der Waals surface area contributed by atoms with Gasteiger partial charge in [-0.2, -0.15) is 13.0 Å². The molecule has 6 heteroatoms. The van der Waals surface area contributed by atoms with Crippen LogP contribution in [0.1, 0.15) is 39.2 Å². The van der Waals surface area contributed by atoms with Crippen LogP contribution in [0.2, 0.25) is 5.02 Å². The van der Waals surface area contributed by atoms with Crippen molar-refractivity contribution in [2.75, 3.05) is 12.3 Å². The third-order valence-corrected chi connectivity index (χ3v) is 5.31. The summed E-state index contributed by atoms with van der Waals surface area (Å²) in [5.41, 5.74) is 3.48. The minimum Gasteiger partial charge on any atom is -0.286 e. The summed E-state index contributed by atoms with van der Waals surface area (Å²) < 4.78 is 32.5. The minimum absolute atomic E-state index is 0.0801. The molecule has 0 spiro atoms. The van der Waals surface area contributed by atoms with E-state index in [2.05, 4.69) is 25.3 Å².